The molecule has 8 N–H and O–H groups in total. The van der Waals surface area contributed by atoms with Crippen molar-refractivity contribution in [3.8, 4) is 28.7 Å². The molecule has 424 valence electrons. The molecule has 0 aromatic heterocycles. The van der Waals surface area contributed by atoms with Crippen LogP contribution in [0, 0.1) is 0 Å². The van der Waals surface area contributed by atoms with Crippen molar-refractivity contribution in [1.82, 2.24) is 0 Å². The van der Waals surface area contributed by atoms with Crippen LogP contribution in [-0.2, 0) is 32.8 Å². The van der Waals surface area contributed by atoms with Crippen molar-refractivity contribution in [3.05, 3.63) is 218 Å². The maximum Gasteiger partial charge on any atom is 0.335 e. The normalized spacial score (nSPS) is 11.1. The summed E-state index contributed by atoms with van der Waals surface area (Å²) in [6.45, 7) is -0.298. The largest absolute Gasteiger partial charge is 0.490 e. The van der Waals surface area contributed by atoms with E-state index in [1.807, 2.05) is 30.4 Å². The highest BCUT2D eigenvalue weighted by Crippen LogP contribution is 2.27. The predicted octanol–water partition coefficient (Wildman–Crippen LogP) is 10.8. The zero-order valence-corrected chi connectivity index (χ0v) is 43.5. The number of hydrogen-bond acceptors (Lipinski definition) is 13. The fraction of sp³-hybridized carbons (Fsp3) is 0.180. The number of aromatic carboxylic acids is 8. The van der Waals surface area contributed by atoms with Gasteiger partial charge in [-0.1, -0.05) is 48.6 Å². The Balaban J connectivity index is 1.02. The van der Waals surface area contributed by atoms with Crippen LogP contribution in [0.3, 0.4) is 0 Å². The molecule has 82 heavy (non-hydrogen) atoms. The Morgan fingerprint density at radius 3 is 0.744 bits per heavy atom. The van der Waals surface area contributed by atoms with E-state index in [1.165, 1.54) is 48.5 Å². The fourth-order valence-corrected chi connectivity index (χ4v) is 7.95. The maximum absolute atomic E-state index is 11.7. The number of hydrogen-bond donors (Lipinski definition) is 8. The lowest BCUT2D eigenvalue weighted by molar-refractivity contribution is 0.0675. The SMILES string of the molecule is O=C(O)c1cc(OCc2cc(CCC=CCCC=CCCC=CCOc3cc(COc4cc(C(=O)O)cc(C(=O)O)c4)cc(COc4cc(C(=O)O)cc(C(=O)O)c4)c3)cc(COc3cc(C(=O)O)cc(C(=O)O)c3)c2)cc(C(=O)O)c1. The summed E-state index contributed by atoms with van der Waals surface area (Å²) in [5.41, 5.74) is 0.944. The topological polar surface area (TPSA) is 345 Å². The molecule has 21 nitrogen and oxygen atoms in total. The van der Waals surface area contributed by atoms with Crippen LogP contribution in [-0.4, -0.2) is 95.2 Å². The molecule has 0 amide bonds. The van der Waals surface area contributed by atoms with Crippen LogP contribution < -0.4 is 23.7 Å². The number of aryl methyl sites for hydroxylation is 1. The zero-order valence-electron chi connectivity index (χ0n) is 43.5. The molecule has 0 fully saturated rings. The number of carboxylic acid groups (broad SMARTS) is 8. The summed E-state index contributed by atoms with van der Waals surface area (Å²) in [7, 11) is 0. The second-order valence-electron chi connectivity index (χ2n) is 18.1. The third kappa shape index (κ3) is 19.0. The Kier molecular flexibility index (Phi) is 21.6. The Morgan fingerprint density at radius 1 is 0.256 bits per heavy atom. The quantitative estimate of drug-likeness (QED) is 0.0144. The van der Waals surface area contributed by atoms with Crippen LogP contribution in [0.5, 0.6) is 28.7 Å². The minimum atomic E-state index is -1.35. The Hall–Kier alpha value is -10.7. The lowest BCUT2D eigenvalue weighted by atomic mass is 10.0. The number of unbranched alkanes of at least 4 members (excludes halogenated alkanes) is 2. The molecule has 0 aliphatic carbocycles. The third-order valence-electron chi connectivity index (χ3n) is 11.8. The van der Waals surface area contributed by atoms with Crippen LogP contribution in [0.4, 0.5) is 0 Å². The van der Waals surface area contributed by atoms with Crippen LogP contribution in [0.15, 0.2) is 146 Å². The molecule has 21 heteroatoms. The standard InChI is InChI=1S/C61H54O21/c62-54(63)41-20-42(55(64)65)25-50(24-41)79-32-37-14-36(15-38(16-37)33-80-51-26-43(56(66)67)21-44(27-51)57(68)69)12-10-8-6-4-2-1-3-5-7-9-11-13-78-49-18-39(34-81-52-28-45(58(70)71)22-46(29-52)59(72)73)17-40(19-49)35-82-53-30-47(60(74)75)23-48(31-53)61(76)77/h1,3,6,8-9,11,14-31H,2,4-5,7,10,12-13,32-35H2,(H,62,63)(H,64,65)(H,66,67)(H,68,69)(H,70,71)(H,72,73)(H,74,75)(H,76,77). The number of allylic oxidation sites excluding steroid dienone is 5. The Bertz CT molecular complexity index is 2930. The predicted molar refractivity (Wildman–Crippen MR) is 291 cm³/mol. The molecule has 0 spiro atoms. The van der Waals surface area contributed by atoms with Crippen LogP contribution in [0.2, 0.25) is 0 Å². The van der Waals surface area contributed by atoms with Gasteiger partial charge >= 0.3 is 47.8 Å². The van der Waals surface area contributed by atoms with Gasteiger partial charge in [-0.05, 0) is 163 Å². The first kappa shape index (κ1) is 60.5. The molecule has 0 unspecified atom stereocenters. The van der Waals surface area contributed by atoms with Gasteiger partial charge in [0.2, 0.25) is 0 Å². The van der Waals surface area contributed by atoms with E-state index < -0.39 is 47.8 Å². The van der Waals surface area contributed by atoms with Gasteiger partial charge in [-0.25, -0.2) is 38.4 Å². The molecule has 6 rings (SSSR count). The van der Waals surface area contributed by atoms with E-state index in [0.717, 1.165) is 49.1 Å². The first-order chi connectivity index (χ1) is 39.2. The smallest absolute Gasteiger partial charge is 0.335 e. The average molecular weight is 1120 g/mol. The van der Waals surface area contributed by atoms with Crippen molar-refractivity contribution in [2.24, 2.45) is 0 Å². The average Bonchev–Trinajstić information content (AvgIpc) is 3.50. The molecule has 6 aromatic rings. The minimum absolute atomic E-state index is 0.0122. The Labute approximate surface area is 467 Å². The van der Waals surface area contributed by atoms with Crippen molar-refractivity contribution in [2.75, 3.05) is 6.61 Å². The van der Waals surface area contributed by atoms with E-state index in [4.69, 9.17) is 23.7 Å². The van der Waals surface area contributed by atoms with E-state index in [9.17, 15) is 79.2 Å². The minimum Gasteiger partial charge on any atom is -0.490 e. The number of carboxylic acids is 8. The summed E-state index contributed by atoms with van der Waals surface area (Å²) in [5, 5.41) is 76.0. The second-order valence-corrected chi connectivity index (χ2v) is 18.1. The van der Waals surface area contributed by atoms with E-state index in [-0.39, 0.29) is 101 Å². The van der Waals surface area contributed by atoms with Crippen molar-refractivity contribution in [2.45, 2.75) is 65.0 Å². The van der Waals surface area contributed by atoms with Crippen LogP contribution in [0.25, 0.3) is 0 Å². The maximum atomic E-state index is 11.7. The molecule has 6 aromatic carbocycles. The Morgan fingerprint density at radius 2 is 0.476 bits per heavy atom. The van der Waals surface area contributed by atoms with Gasteiger partial charge in [0.1, 0.15) is 61.8 Å². The number of benzene rings is 6. The molecule has 0 heterocycles. The van der Waals surface area contributed by atoms with Crippen LogP contribution >= 0.6 is 0 Å². The monoisotopic (exact) mass is 1120 g/mol. The zero-order chi connectivity index (χ0) is 59.3. The summed E-state index contributed by atoms with van der Waals surface area (Å²) in [4.78, 5) is 93.3. The van der Waals surface area contributed by atoms with Gasteiger partial charge in [-0.15, -0.1) is 0 Å². The van der Waals surface area contributed by atoms with Gasteiger partial charge in [0.25, 0.3) is 0 Å². The third-order valence-corrected chi connectivity index (χ3v) is 11.8. The summed E-state index contributed by atoms with van der Waals surface area (Å²) in [5.74, 6) is -10.3. The van der Waals surface area contributed by atoms with Gasteiger partial charge < -0.3 is 64.5 Å². The van der Waals surface area contributed by atoms with E-state index >= 15 is 0 Å². The lowest BCUT2D eigenvalue weighted by Gasteiger charge is -2.14. The first-order valence-corrected chi connectivity index (χ1v) is 25.0. The molecule has 0 radical (unpaired) electrons. The van der Waals surface area contributed by atoms with Crippen molar-refractivity contribution < 1.29 is 103 Å². The van der Waals surface area contributed by atoms with Crippen molar-refractivity contribution in [3.63, 3.8) is 0 Å². The van der Waals surface area contributed by atoms with Gasteiger partial charge in [0.05, 0.1) is 44.5 Å². The second kappa shape index (κ2) is 29.3. The summed E-state index contributed by atoms with van der Waals surface area (Å²) >= 11 is 0. The highest BCUT2D eigenvalue weighted by molar-refractivity contribution is 5.97. The first-order valence-electron chi connectivity index (χ1n) is 25.0. The number of rotatable bonds is 32. The number of ether oxygens (including phenoxy) is 5. The lowest BCUT2D eigenvalue weighted by Crippen LogP contribution is -2.06. The molecule has 0 aliphatic rings. The fourth-order valence-electron chi connectivity index (χ4n) is 7.95. The highest BCUT2D eigenvalue weighted by atomic mass is 16.5. The molecular weight excluding hydrogens is 1070 g/mol. The molecule has 0 saturated heterocycles. The van der Waals surface area contributed by atoms with Gasteiger partial charge in [-0.2, -0.15) is 0 Å². The van der Waals surface area contributed by atoms with E-state index in [0.29, 0.717) is 47.3 Å². The van der Waals surface area contributed by atoms with E-state index in [2.05, 4.69) is 18.2 Å². The van der Waals surface area contributed by atoms with Crippen molar-refractivity contribution in [1.29, 1.82) is 0 Å². The summed E-state index contributed by atoms with van der Waals surface area (Å²) < 4.78 is 29.4. The molecule has 0 aliphatic heterocycles. The summed E-state index contributed by atoms with van der Waals surface area (Å²) in [6, 6.07) is 24.1. The van der Waals surface area contributed by atoms with Gasteiger partial charge in [0, 0.05) is 0 Å². The molecule has 0 bridgehead atoms. The molecular formula is C61H54O21. The summed E-state index contributed by atoms with van der Waals surface area (Å²) in [6.07, 6.45) is 16.2. The van der Waals surface area contributed by atoms with Crippen molar-refractivity contribution >= 4 is 47.8 Å². The van der Waals surface area contributed by atoms with Crippen LogP contribution in [0.1, 0.15) is 143 Å². The van der Waals surface area contributed by atoms with E-state index in [1.54, 1.807) is 24.3 Å². The highest BCUT2D eigenvalue weighted by Gasteiger charge is 2.18. The van der Waals surface area contributed by atoms with Gasteiger partial charge in [0.15, 0.2) is 0 Å². The molecule has 0 saturated carbocycles. The van der Waals surface area contributed by atoms with Gasteiger partial charge in [-0.3, -0.25) is 0 Å². The number of carbonyl (C=O) groups is 8. The molecule has 0 atom stereocenters.